The summed E-state index contributed by atoms with van der Waals surface area (Å²) in [5, 5.41) is 11.4. The lowest BCUT2D eigenvalue weighted by Gasteiger charge is -2.38. The second kappa shape index (κ2) is 7.25. The van der Waals surface area contributed by atoms with Crippen molar-refractivity contribution in [3.05, 3.63) is 42.1 Å². The van der Waals surface area contributed by atoms with E-state index in [-0.39, 0.29) is 12.3 Å². The van der Waals surface area contributed by atoms with E-state index in [9.17, 15) is 9.90 Å². The maximum absolute atomic E-state index is 12.7. The summed E-state index contributed by atoms with van der Waals surface area (Å²) in [5.74, 6) is -0.0856. The number of likely N-dealkylation sites (N-methyl/N-ethyl adjacent to an activating group) is 1. The van der Waals surface area contributed by atoms with E-state index >= 15 is 0 Å². The molecule has 24 heavy (non-hydrogen) atoms. The number of carbonyl (C=O) groups is 1. The zero-order chi connectivity index (χ0) is 17.1. The number of para-hydroxylation sites is 1. The van der Waals surface area contributed by atoms with Gasteiger partial charge in [-0.1, -0.05) is 24.3 Å². The molecule has 0 radical (unpaired) electrons. The number of hydrogen-bond acceptors (Lipinski definition) is 5. The number of nitrogens with zero attached hydrogens (tertiary/aromatic N) is 2. The number of amides is 1. The van der Waals surface area contributed by atoms with Crippen LogP contribution in [0.15, 0.2) is 36.5 Å². The van der Waals surface area contributed by atoms with Crippen molar-refractivity contribution in [2.75, 3.05) is 27.4 Å². The Bertz CT molecular complexity index is 716. The van der Waals surface area contributed by atoms with E-state index in [1.165, 1.54) is 7.11 Å². The lowest BCUT2D eigenvalue weighted by molar-refractivity contribution is -0.157. The number of hydrogen-bond donors (Lipinski definition) is 1. The van der Waals surface area contributed by atoms with Crippen LogP contribution in [0.4, 0.5) is 0 Å². The van der Waals surface area contributed by atoms with Gasteiger partial charge in [0, 0.05) is 25.7 Å². The van der Waals surface area contributed by atoms with Crippen LogP contribution < -0.4 is 0 Å². The Kier molecular flexibility index (Phi) is 5.08. The van der Waals surface area contributed by atoms with Crippen LogP contribution in [-0.2, 0) is 20.7 Å². The third-order valence-electron chi connectivity index (χ3n) is 4.60. The highest BCUT2D eigenvalue weighted by Gasteiger charge is 2.36. The number of aliphatic hydroxyl groups excluding tert-OH is 1. The molecule has 2 heterocycles. The fourth-order valence-electron chi connectivity index (χ4n) is 3.08. The Hall–Kier alpha value is -2.02. The zero-order valence-electron chi connectivity index (χ0n) is 13.9. The van der Waals surface area contributed by atoms with Crippen LogP contribution in [0.1, 0.15) is 5.56 Å². The summed E-state index contributed by atoms with van der Waals surface area (Å²) in [7, 11) is 3.22. The minimum absolute atomic E-state index is 0.0856. The van der Waals surface area contributed by atoms with Crippen molar-refractivity contribution in [2.45, 2.75) is 24.7 Å². The van der Waals surface area contributed by atoms with Gasteiger partial charge < -0.3 is 19.5 Å². The van der Waals surface area contributed by atoms with Crippen molar-refractivity contribution in [1.82, 2.24) is 9.88 Å². The number of aliphatic hydroxyl groups is 1. The van der Waals surface area contributed by atoms with Crippen LogP contribution >= 0.6 is 0 Å². The molecular weight excluding hydrogens is 308 g/mol. The van der Waals surface area contributed by atoms with Gasteiger partial charge in [0.15, 0.2) is 0 Å². The zero-order valence-corrected chi connectivity index (χ0v) is 13.9. The largest absolute Gasteiger partial charge is 0.388 e. The molecule has 3 atom stereocenters. The predicted molar refractivity (Wildman–Crippen MR) is 89.6 cm³/mol. The highest BCUT2D eigenvalue weighted by Crippen LogP contribution is 2.20. The molecule has 1 aliphatic rings. The van der Waals surface area contributed by atoms with E-state index in [4.69, 9.17) is 9.47 Å². The molecule has 1 N–H and O–H groups in total. The quantitative estimate of drug-likeness (QED) is 0.906. The van der Waals surface area contributed by atoms with E-state index in [2.05, 4.69) is 4.98 Å². The molecule has 0 unspecified atom stereocenters. The van der Waals surface area contributed by atoms with Crippen LogP contribution in [-0.4, -0.2) is 66.5 Å². The monoisotopic (exact) mass is 330 g/mol. The number of methoxy groups -OCH3 is 1. The number of benzene rings is 1. The first-order valence-electron chi connectivity index (χ1n) is 7.98. The van der Waals surface area contributed by atoms with E-state index in [1.54, 1.807) is 18.1 Å². The van der Waals surface area contributed by atoms with Crippen molar-refractivity contribution >= 4 is 16.8 Å². The average molecular weight is 330 g/mol. The second-order valence-electron chi connectivity index (χ2n) is 6.04. The first kappa shape index (κ1) is 16.8. The number of aromatic nitrogens is 1. The maximum atomic E-state index is 12.7. The van der Waals surface area contributed by atoms with Gasteiger partial charge in [0.05, 0.1) is 31.2 Å². The molecule has 6 heteroatoms. The SMILES string of the molecule is CO[C@@H]1COC[C@@H](N(C)C(=O)Cc2cccc3cccnc23)[C@@H]1O. The number of carbonyl (C=O) groups excluding carboxylic acids is 1. The molecule has 2 aromatic rings. The number of ether oxygens (including phenoxy) is 2. The summed E-state index contributed by atoms with van der Waals surface area (Å²) < 4.78 is 10.7. The van der Waals surface area contributed by atoms with Gasteiger partial charge in [-0.25, -0.2) is 0 Å². The van der Waals surface area contributed by atoms with Crippen molar-refractivity contribution in [2.24, 2.45) is 0 Å². The molecular formula is C18H22N2O4. The van der Waals surface area contributed by atoms with Crippen molar-refractivity contribution in [3.63, 3.8) is 0 Å². The van der Waals surface area contributed by atoms with Gasteiger partial charge in [-0.3, -0.25) is 9.78 Å². The fourth-order valence-corrected chi connectivity index (χ4v) is 3.08. The smallest absolute Gasteiger partial charge is 0.227 e. The van der Waals surface area contributed by atoms with Gasteiger partial charge >= 0.3 is 0 Å². The van der Waals surface area contributed by atoms with Crippen LogP contribution in [0.2, 0.25) is 0 Å². The van der Waals surface area contributed by atoms with Gasteiger partial charge in [0.1, 0.15) is 12.2 Å². The average Bonchev–Trinajstić information content (AvgIpc) is 2.61. The summed E-state index contributed by atoms with van der Waals surface area (Å²) in [5.41, 5.74) is 1.71. The first-order chi connectivity index (χ1) is 11.6. The van der Waals surface area contributed by atoms with Crippen molar-refractivity contribution in [1.29, 1.82) is 0 Å². The van der Waals surface area contributed by atoms with Gasteiger partial charge in [0.25, 0.3) is 0 Å². The molecule has 1 aliphatic heterocycles. The van der Waals surface area contributed by atoms with E-state index in [0.29, 0.717) is 13.2 Å². The molecule has 3 rings (SSSR count). The third-order valence-corrected chi connectivity index (χ3v) is 4.60. The summed E-state index contributed by atoms with van der Waals surface area (Å²) in [6, 6.07) is 9.24. The minimum atomic E-state index is -0.761. The Balaban J connectivity index is 1.76. The molecule has 1 amide bonds. The molecule has 0 saturated carbocycles. The minimum Gasteiger partial charge on any atom is -0.388 e. The molecule has 128 valence electrons. The Morgan fingerprint density at radius 1 is 1.38 bits per heavy atom. The fraction of sp³-hybridized carbons (Fsp3) is 0.444. The normalized spacial score (nSPS) is 24.0. The van der Waals surface area contributed by atoms with Gasteiger partial charge in [0.2, 0.25) is 5.91 Å². The number of rotatable bonds is 4. The molecule has 0 bridgehead atoms. The molecule has 1 fully saturated rings. The molecule has 1 aromatic carbocycles. The summed E-state index contributed by atoms with van der Waals surface area (Å²) in [6.07, 6.45) is 0.773. The van der Waals surface area contributed by atoms with Crippen LogP contribution in [0, 0.1) is 0 Å². The summed E-state index contributed by atoms with van der Waals surface area (Å²) in [4.78, 5) is 18.6. The highest BCUT2D eigenvalue weighted by molar-refractivity contribution is 5.87. The highest BCUT2D eigenvalue weighted by atomic mass is 16.5. The first-order valence-corrected chi connectivity index (χ1v) is 7.98. The molecule has 1 saturated heterocycles. The lowest BCUT2D eigenvalue weighted by atomic mass is 10.0. The van der Waals surface area contributed by atoms with Gasteiger partial charge in [-0.2, -0.15) is 0 Å². The topological polar surface area (TPSA) is 71.9 Å². The number of pyridine rings is 1. The van der Waals surface area contributed by atoms with Crippen LogP contribution in [0.5, 0.6) is 0 Å². The predicted octanol–water partition coefficient (Wildman–Crippen LogP) is 1.01. The van der Waals surface area contributed by atoms with E-state index in [1.807, 2.05) is 30.3 Å². The van der Waals surface area contributed by atoms with Crippen LogP contribution in [0.25, 0.3) is 10.9 Å². The summed E-state index contributed by atoms with van der Waals surface area (Å²) >= 11 is 0. The standard InChI is InChI=1S/C18H22N2O4/c1-20(14-10-24-11-15(23-2)18(14)22)16(21)9-13-6-3-5-12-7-4-8-19-17(12)13/h3-8,14-15,18,22H,9-11H2,1-2H3/t14-,15-,18+/m1/s1. The number of fused-ring (bicyclic) bond motifs is 1. The molecule has 6 nitrogen and oxygen atoms in total. The third kappa shape index (κ3) is 3.26. The summed E-state index contributed by atoms with van der Waals surface area (Å²) in [6.45, 7) is 0.639. The van der Waals surface area contributed by atoms with Crippen molar-refractivity contribution < 1.29 is 19.4 Å². The van der Waals surface area contributed by atoms with Gasteiger partial charge in [-0.15, -0.1) is 0 Å². The second-order valence-corrected chi connectivity index (χ2v) is 6.04. The Morgan fingerprint density at radius 3 is 2.96 bits per heavy atom. The molecule has 1 aromatic heterocycles. The maximum Gasteiger partial charge on any atom is 0.227 e. The van der Waals surface area contributed by atoms with E-state index in [0.717, 1.165) is 16.5 Å². The lowest BCUT2D eigenvalue weighted by Crippen LogP contribution is -2.57. The van der Waals surface area contributed by atoms with E-state index < -0.39 is 18.2 Å². The Morgan fingerprint density at radius 2 is 2.17 bits per heavy atom. The van der Waals surface area contributed by atoms with Crippen molar-refractivity contribution in [3.8, 4) is 0 Å². The Labute approximate surface area is 141 Å². The molecule has 0 aliphatic carbocycles. The van der Waals surface area contributed by atoms with Gasteiger partial charge in [-0.05, 0) is 11.6 Å². The van der Waals surface area contributed by atoms with Crippen LogP contribution in [0.3, 0.4) is 0 Å². The molecule has 0 spiro atoms.